The van der Waals surface area contributed by atoms with Crippen LogP contribution in [0.25, 0.3) is 16.9 Å². The summed E-state index contributed by atoms with van der Waals surface area (Å²) >= 11 is 0. The highest BCUT2D eigenvalue weighted by atomic mass is 16.2. The largest absolute Gasteiger partial charge is 0.335 e. The average molecular weight is 390 g/mol. The zero-order chi connectivity index (χ0) is 20.1. The third-order valence-corrected chi connectivity index (χ3v) is 6.28. The van der Waals surface area contributed by atoms with Crippen LogP contribution in [-0.2, 0) is 6.42 Å². The predicted molar refractivity (Wildman–Crippen MR) is 113 cm³/mol. The van der Waals surface area contributed by atoms with Crippen molar-refractivity contribution in [2.24, 2.45) is 0 Å². The number of amides is 1. The molecule has 3 aromatic rings. The first kappa shape index (κ1) is 18.3. The molecule has 0 bridgehead atoms. The molecule has 29 heavy (non-hydrogen) atoms. The summed E-state index contributed by atoms with van der Waals surface area (Å²) < 4.78 is 1.85. The summed E-state index contributed by atoms with van der Waals surface area (Å²) in [5, 5.41) is 8.22. The van der Waals surface area contributed by atoms with Gasteiger partial charge in [0.1, 0.15) is 0 Å². The summed E-state index contributed by atoms with van der Waals surface area (Å²) in [6.07, 6.45) is 4.92. The molecule has 2 aliphatic rings. The average Bonchev–Trinajstić information content (AvgIpc) is 3.09. The maximum absolute atomic E-state index is 13.2. The summed E-state index contributed by atoms with van der Waals surface area (Å²) in [5.74, 6) is 0.182. The SMILES string of the molecule is Cc1cn2nc(-c3ccc4c(c3)CCN([C@H]3CCN[C@@H](C)C3)C4=O)cc(C)c2n1. The molecule has 2 aromatic heterocycles. The normalized spacial score (nSPS) is 22.2. The minimum atomic E-state index is 0.182. The van der Waals surface area contributed by atoms with Crippen LogP contribution in [0, 0.1) is 13.8 Å². The molecule has 1 fully saturated rings. The zero-order valence-electron chi connectivity index (χ0n) is 17.3. The predicted octanol–water partition coefficient (Wildman–Crippen LogP) is 3.15. The number of nitrogens with one attached hydrogen (secondary N) is 1. The Balaban J connectivity index is 1.46. The maximum Gasteiger partial charge on any atom is 0.254 e. The van der Waals surface area contributed by atoms with Crippen molar-refractivity contribution in [2.75, 3.05) is 13.1 Å². The second-order valence-corrected chi connectivity index (χ2v) is 8.52. The Morgan fingerprint density at radius 3 is 2.90 bits per heavy atom. The molecular formula is C23H27N5O. The van der Waals surface area contributed by atoms with Crippen molar-refractivity contribution < 1.29 is 4.79 Å². The molecule has 1 saturated heterocycles. The molecule has 6 nitrogen and oxygen atoms in total. The van der Waals surface area contributed by atoms with E-state index in [1.54, 1.807) is 0 Å². The van der Waals surface area contributed by atoms with Crippen molar-refractivity contribution in [3.05, 3.63) is 52.8 Å². The van der Waals surface area contributed by atoms with E-state index in [1.807, 2.05) is 29.8 Å². The van der Waals surface area contributed by atoms with E-state index in [4.69, 9.17) is 5.10 Å². The van der Waals surface area contributed by atoms with Gasteiger partial charge in [-0.3, -0.25) is 4.79 Å². The van der Waals surface area contributed by atoms with Gasteiger partial charge in [0.25, 0.3) is 5.91 Å². The first-order chi connectivity index (χ1) is 14.0. The zero-order valence-corrected chi connectivity index (χ0v) is 17.3. The van der Waals surface area contributed by atoms with Crippen molar-refractivity contribution in [1.29, 1.82) is 0 Å². The fourth-order valence-corrected chi connectivity index (χ4v) is 4.79. The molecule has 150 valence electrons. The standard InChI is InChI=1S/C23H27N5O/c1-14-10-21(26-28-13-16(3)25-22(14)28)18-4-5-20-17(12-18)7-9-27(23(20)29)19-6-8-24-15(2)11-19/h4-5,10,12-13,15,19,24H,6-9,11H2,1-3H3/t15-,19-/m0/s1. The van der Waals surface area contributed by atoms with Crippen molar-refractivity contribution in [3.63, 3.8) is 0 Å². The molecule has 6 heteroatoms. The van der Waals surface area contributed by atoms with E-state index in [0.29, 0.717) is 12.1 Å². The third-order valence-electron chi connectivity index (χ3n) is 6.28. The number of rotatable bonds is 2. The van der Waals surface area contributed by atoms with E-state index in [1.165, 1.54) is 0 Å². The number of carbonyl (C=O) groups excluding carboxylic acids is 1. The van der Waals surface area contributed by atoms with Gasteiger partial charge in [0.15, 0.2) is 5.65 Å². The van der Waals surface area contributed by atoms with Crippen LogP contribution in [0.1, 0.15) is 46.9 Å². The minimum absolute atomic E-state index is 0.182. The first-order valence-corrected chi connectivity index (χ1v) is 10.5. The van der Waals surface area contributed by atoms with Crippen molar-refractivity contribution in [1.82, 2.24) is 24.8 Å². The van der Waals surface area contributed by atoms with Crippen LogP contribution < -0.4 is 5.32 Å². The lowest BCUT2D eigenvalue weighted by Gasteiger charge is -2.39. The Kier molecular flexibility index (Phi) is 4.39. The minimum Gasteiger partial charge on any atom is -0.335 e. The van der Waals surface area contributed by atoms with Gasteiger partial charge in [-0.1, -0.05) is 6.07 Å². The van der Waals surface area contributed by atoms with Gasteiger partial charge in [-0.15, -0.1) is 0 Å². The number of nitrogens with zero attached hydrogens (tertiary/aromatic N) is 4. The Bertz CT molecular complexity index is 1100. The highest BCUT2D eigenvalue weighted by Gasteiger charge is 2.32. The first-order valence-electron chi connectivity index (χ1n) is 10.5. The van der Waals surface area contributed by atoms with E-state index >= 15 is 0 Å². The lowest BCUT2D eigenvalue weighted by atomic mass is 9.91. The van der Waals surface area contributed by atoms with Crippen molar-refractivity contribution >= 4 is 11.6 Å². The second-order valence-electron chi connectivity index (χ2n) is 8.52. The lowest BCUT2D eigenvalue weighted by Crippen LogP contribution is -2.51. The number of aryl methyl sites for hydroxylation is 2. The van der Waals surface area contributed by atoms with Crippen LogP contribution in [0.15, 0.2) is 30.5 Å². The van der Waals surface area contributed by atoms with Gasteiger partial charge in [0.05, 0.1) is 17.6 Å². The van der Waals surface area contributed by atoms with E-state index < -0.39 is 0 Å². The monoisotopic (exact) mass is 389 g/mol. The number of aromatic nitrogens is 3. The van der Waals surface area contributed by atoms with E-state index in [2.05, 4.69) is 41.2 Å². The van der Waals surface area contributed by atoms with Gasteiger partial charge in [0, 0.05) is 29.8 Å². The van der Waals surface area contributed by atoms with Gasteiger partial charge >= 0.3 is 0 Å². The molecule has 2 aliphatic heterocycles. The van der Waals surface area contributed by atoms with Gasteiger partial charge < -0.3 is 10.2 Å². The van der Waals surface area contributed by atoms with Gasteiger partial charge in [0.2, 0.25) is 0 Å². The number of imidazole rings is 1. The van der Waals surface area contributed by atoms with E-state index in [-0.39, 0.29) is 5.91 Å². The fourth-order valence-electron chi connectivity index (χ4n) is 4.79. The molecule has 1 aromatic carbocycles. The molecule has 0 aliphatic carbocycles. The van der Waals surface area contributed by atoms with Crippen LogP contribution in [0.3, 0.4) is 0 Å². The van der Waals surface area contributed by atoms with Gasteiger partial charge in [-0.05, 0) is 75.9 Å². The van der Waals surface area contributed by atoms with Crippen molar-refractivity contribution in [2.45, 2.75) is 52.1 Å². The highest BCUT2D eigenvalue weighted by molar-refractivity contribution is 5.97. The van der Waals surface area contributed by atoms with E-state index in [9.17, 15) is 4.79 Å². The van der Waals surface area contributed by atoms with Crippen LogP contribution in [0.5, 0.6) is 0 Å². The Morgan fingerprint density at radius 1 is 1.21 bits per heavy atom. The van der Waals surface area contributed by atoms with Crippen LogP contribution >= 0.6 is 0 Å². The molecule has 1 amide bonds. The van der Waals surface area contributed by atoms with E-state index in [0.717, 1.165) is 71.6 Å². The second kappa shape index (κ2) is 6.95. The third kappa shape index (κ3) is 3.21. The topological polar surface area (TPSA) is 62.5 Å². The summed E-state index contributed by atoms with van der Waals surface area (Å²) in [7, 11) is 0. The molecule has 5 rings (SSSR count). The summed E-state index contributed by atoms with van der Waals surface area (Å²) in [4.78, 5) is 19.8. The van der Waals surface area contributed by atoms with Gasteiger partial charge in [-0.25, -0.2) is 9.50 Å². The molecular weight excluding hydrogens is 362 g/mol. The van der Waals surface area contributed by atoms with Crippen LogP contribution in [0.2, 0.25) is 0 Å². The molecule has 0 saturated carbocycles. The number of hydrogen-bond acceptors (Lipinski definition) is 4. The summed E-state index contributed by atoms with van der Waals surface area (Å²) in [5.41, 5.74) is 6.90. The smallest absolute Gasteiger partial charge is 0.254 e. The molecule has 0 spiro atoms. The highest BCUT2D eigenvalue weighted by Crippen LogP contribution is 2.29. The quantitative estimate of drug-likeness (QED) is 0.731. The molecule has 2 atom stereocenters. The molecule has 1 N–H and O–H groups in total. The number of hydrogen-bond donors (Lipinski definition) is 1. The van der Waals surface area contributed by atoms with Gasteiger partial charge in [-0.2, -0.15) is 5.10 Å². The Labute approximate surface area is 170 Å². The number of carbonyl (C=O) groups is 1. The maximum atomic E-state index is 13.2. The lowest BCUT2D eigenvalue weighted by molar-refractivity contribution is 0.0605. The fraction of sp³-hybridized carbons (Fsp3) is 0.435. The molecule has 0 radical (unpaired) electrons. The van der Waals surface area contributed by atoms with Crippen LogP contribution in [-0.4, -0.2) is 50.6 Å². The van der Waals surface area contributed by atoms with Crippen LogP contribution in [0.4, 0.5) is 0 Å². The number of fused-ring (bicyclic) bond motifs is 2. The Hall–Kier alpha value is -2.73. The summed E-state index contributed by atoms with van der Waals surface area (Å²) in [6.45, 7) is 8.04. The number of piperidine rings is 1. The summed E-state index contributed by atoms with van der Waals surface area (Å²) in [6, 6.07) is 9.07. The molecule has 4 heterocycles. The molecule has 0 unspecified atom stereocenters. The number of benzene rings is 1. The van der Waals surface area contributed by atoms with Crippen molar-refractivity contribution in [3.8, 4) is 11.3 Å². The Morgan fingerprint density at radius 2 is 2.07 bits per heavy atom.